The number of halogens is 1. The van der Waals surface area contributed by atoms with Crippen molar-refractivity contribution in [3.8, 4) is 5.75 Å². The number of fused-ring (bicyclic) bond motifs is 1. The minimum Gasteiger partial charge on any atom is -0.492 e. The van der Waals surface area contributed by atoms with Gasteiger partial charge in [0.1, 0.15) is 18.3 Å². The highest BCUT2D eigenvalue weighted by atomic mass is 19.1. The molecule has 1 saturated heterocycles. The smallest absolute Gasteiger partial charge is 0.354 e. The molecular weight excluding hydrogens is 371 g/mol. The molecule has 0 amide bonds. The van der Waals surface area contributed by atoms with Crippen LogP contribution in [0.4, 0.5) is 10.1 Å². The molecule has 10 nitrogen and oxygen atoms in total. The number of anilines is 1. The molecule has 4 rings (SSSR count). The summed E-state index contributed by atoms with van der Waals surface area (Å²) in [7, 11) is 2.78. The summed E-state index contributed by atoms with van der Waals surface area (Å²) in [5.74, 6) is 5.00. The second kappa shape index (κ2) is 6.51. The van der Waals surface area contributed by atoms with Crippen molar-refractivity contribution in [2.75, 3.05) is 38.1 Å². The lowest BCUT2D eigenvalue weighted by atomic mass is 10.1. The van der Waals surface area contributed by atoms with Gasteiger partial charge in [0.05, 0.1) is 37.2 Å². The van der Waals surface area contributed by atoms with Crippen molar-refractivity contribution in [2.45, 2.75) is 24.8 Å². The number of nitrogen functional groups attached to an aromatic ring is 1. The standard InChI is InChI=1S/C17H21FN6O4/c1-27-15-13(22-6-10(19)11(7-22)21-28-2)9(18)5-23-14(15)12(8-3-4-8)16(25)24(20)17(23)26/h5,8,10H,3-4,6-7,19-20H2,1-2H3. The number of ether oxygens (including phenoxy) is 1. The van der Waals surface area contributed by atoms with Crippen molar-refractivity contribution in [2.24, 2.45) is 10.9 Å². The number of oxime groups is 1. The largest absolute Gasteiger partial charge is 0.492 e. The van der Waals surface area contributed by atoms with Gasteiger partial charge in [-0.25, -0.2) is 9.18 Å². The van der Waals surface area contributed by atoms with E-state index in [2.05, 4.69) is 5.16 Å². The van der Waals surface area contributed by atoms with E-state index >= 15 is 4.39 Å². The van der Waals surface area contributed by atoms with Gasteiger partial charge in [-0.2, -0.15) is 4.68 Å². The number of aromatic nitrogens is 2. The zero-order valence-electron chi connectivity index (χ0n) is 15.5. The summed E-state index contributed by atoms with van der Waals surface area (Å²) >= 11 is 0. The molecule has 28 heavy (non-hydrogen) atoms. The summed E-state index contributed by atoms with van der Waals surface area (Å²) in [6.07, 6.45) is 2.61. The zero-order valence-corrected chi connectivity index (χ0v) is 15.5. The van der Waals surface area contributed by atoms with Crippen LogP contribution >= 0.6 is 0 Å². The van der Waals surface area contributed by atoms with E-state index in [9.17, 15) is 9.59 Å². The molecule has 0 spiro atoms. The normalized spacial score (nSPS) is 20.9. The fourth-order valence-electron chi connectivity index (χ4n) is 3.74. The van der Waals surface area contributed by atoms with Crippen LogP contribution in [0.15, 0.2) is 20.9 Å². The van der Waals surface area contributed by atoms with Gasteiger partial charge in [-0.1, -0.05) is 5.16 Å². The summed E-state index contributed by atoms with van der Waals surface area (Å²) in [5, 5.41) is 3.89. The number of rotatable bonds is 4. The van der Waals surface area contributed by atoms with Crippen LogP contribution in [0.5, 0.6) is 5.75 Å². The van der Waals surface area contributed by atoms with Crippen LogP contribution in [0.1, 0.15) is 24.3 Å². The van der Waals surface area contributed by atoms with Gasteiger partial charge in [-0.05, 0) is 18.8 Å². The maximum Gasteiger partial charge on any atom is 0.354 e. The lowest BCUT2D eigenvalue weighted by Crippen LogP contribution is -2.44. The Kier molecular flexibility index (Phi) is 4.26. The van der Waals surface area contributed by atoms with Gasteiger partial charge < -0.3 is 26.1 Å². The van der Waals surface area contributed by atoms with Gasteiger partial charge in [0.2, 0.25) is 0 Å². The average molecular weight is 392 g/mol. The second-order valence-corrected chi connectivity index (χ2v) is 6.98. The molecule has 11 heteroatoms. The van der Waals surface area contributed by atoms with E-state index in [-0.39, 0.29) is 36.0 Å². The van der Waals surface area contributed by atoms with Crippen LogP contribution in [-0.4, -0.2) is 48.1 Å². The summed E-state index contributed by atoms with van der Waals surface area (Å²) < 4.78 is 22.1. The van der Waals surface area contributed by atoms with Crippen LogP contribution in [-0.2, 0) is 4.84 Å². The van der Waals surface area contributed by atoms with Gasteiger partial charge in [0.25, 0.3) is 5.56 Å². The number of methoxy groups -OCH3 is 1. The number of hydrogen-bond donors (Lipinski definition) is 2. The first kappa shape index (κ1) is 18.3. The van der Waals surface area contributed by atoms with Crippen LogP contribution in [0.2, 0.25) is 0 Å². The van der Waals surface area contributed by atoms with Crippen molar-refractivity contribution >= 4 is 16.9 Å². The molecule has 0 aromatic carbocycles. The Bertz CT molecular complexity index is 1100. The molecule has 2 fully saturated rings. The van der Waals surface area contributed by atoms with Crippen LogP contribution in [0, 0.1) is 5.82 Å². The van der Waals surface area contributed by atoms with E-state index in [0.717, 1.165) is 23.4 Å². The van der Waals surface area contributed by atoms with Crippen LogP contribution < -0.4 is 32.5 Å². The monoisotopic (exact) mass is 392 g/mol. The molecule has 3 heterocycles. The van der Waals surface area contributed by atoms with Gasteiger partial charge in [0.15, 0.2) is 11.6 Å². The van der Waals surface area contributed by atoms with E-state index < -0.39 is 23.1 Å². The minimum atomic E-state index is -0.840. The average Bonchev–Trinajstić information content (AvgIpc) is 3.44. The van der Waals surface area contributed by atoms with E-state index in [1.54, 1.807) is 4.90 Å². The summed E-state index contributed by atoms with van der Waals surface area (Å²) in [5.41, 5.74) is 5.90. The van der Waals surface area contributed by atoms with E-state index in [1.807, 2.05) is 0 Å². The van der Waals surface area contributed by atoms with Crippen molar-refractivity contribution in [1.82, 2.24) is 9.08 Å². The van der Waals surface area contributed by atoms with Crippen molar-refractivity contribution in [1.29, 1.82) is 0 Å². The van der Waals surface area contributed by atoms with Gasteiger partial charge in [-0.15, -0.1) is 0 Å². The molecule has 1 atom stereocenters. The Morgan fingerprint density at radius 3 is 2.61 bits per heavy atom. The predicted octanol–water partition coefficient (Wildman–Crippen LogP) is -0.650. The Labute approximate surface area is 158 Å². The van der Waals surface area contributed by atoms with E-state index in [4.69, 9.17) is 21.2 Å². The minimum absolute atomic E-state index is 0.0449. The van der Waals surface area contributed by atoms with E-state index in [0.29, 0.717) is 16.0 Å². The van der Waals surface area contributed by atoms with Gasteiger partial charge in [-0.3, -0.25) is 9.20 Å². The summed E-state index contributed by atoms with van der Waals surface area (Å²) in [6, 6.07) is -0.442. The maximum absolute atomic E-state index is 15.1. The van der Waals surface area contributed by atoms with Crippen molar-refractivity contribution in [3.63, 3.8) is 0 Å². The molecular formula is C17H21FN6O4. The lowest BCUT2D eigenvalue weighted by Gasteiger charge is -2.23. The highest BCUT2D eigenvalue weighted by Gasteiger charge is 2.36. The molecule has 1 unspecified atom stereocenters. The van der Waals surface area contributed by atoms with Crippen LogP contribution in [0.25, 0.3) is 5.52 Å². The molecule has 1 aliphatic heterocycles. The highest BCUT2D eigenvalue weighted by Crippen LogP contribution is 2.44. The van der Waals surface area contributed by atoms with Gasteiger partial charge >= 0.3 is 5.69 Å². The Hall–Kier alpha value is -3.08. The van der Waals surface area contributed by atoms with Crippen LogP contribution in [0.3, 0.4) is 0 Å². The van der Waals surface area contributed by atoms with Crippen molar-refractivity contribution in [3.05, 3.63) is 38.4 Å². The third-order valence-corrected chi connectivity index (χ3v) is 5.17. The fraction of sp³-hybridized carbons (Fsp3) is 0.471. The Balaban J connectivity index is 2.02. The third-order valence-electron chi connectivity index (χ3n) is 5.17. The quantitative estimate of drug-likeness (QED) is 0.522. The molecule has 150 valence electrons. The highest BCUT2D eigenvalue weighted by molar-refractivity contribution is 5.97. The summed E-state index contributed by atoms with van der Waals surface area (Å²) in [6.45, 7) is 0.512. The molecule has 2 aliphatic rings. The van der Waals surface area contributed by atoms with Gasteiger partial charge in [0, 0.05) is 6.54 Å². The molecule has 0 radical (unpaired) electrons. The van der Waals surface area contributed by atoms with Crippen molar-refractivity contribution < 1.29 is 14.0 Å². The number of nitrogens with two attached hydrogens (primary N) is 2. The Morgan fingerprint density at radius 1 is 1.29 bits per heavy atom. The summed E-state index contributed by atoms with van der Waals surface area (Å²) in [4.78, 5) is 31.6. The SMILES string of the molecule is CON=C1CN(c2c(F)cn3c(=O)n(N)c(=O)c(C4CC4)c3c2OC)CC1N. The molecule has 1 aliphatic carbocycles. The number of nitrogens with zero attached hydrogens (tertiary/aromatic N) is 4. The zero-order chi connectivity index (χ0) is 20.2. The topological polar surface area (TPSA) is 130 Å². The molecule has 2 aromatic rings. The molecule has 1 saturated carbocycles. The third kappa shape index (κ3) is 2.61. The van der Waals surface area contributed by atoms with E-state index in [1.165, 1.54) is 14.2 Å². The molecule has 4 N–H and O–H groups in total. The fourth-order valence-corrected chi connectivity index (χ4v) is 3.74. The first-order valence-electron chi connectivity index (χ1n) is 8.82. The Morgan fingerprint density at radius 2 is 2.00 bits per heavy atom. The number of hydrogen-bond acceptors (Lipinski definition) is 8. The first-order chi connectivity index (χ1) is 13.4. The lowest BCUT2D eigenvalue weighted by molar-refractivity contribution is 0.212. The molecule has 2 aromatic heterocycles. The maximum atomic E-state index is 15.1. The second-order valence-electron chi connectivity index (χ2n) is 6.98. The molecule has 0 bridgehead atoms. The number of pyridine rings is 1. The predicted molar refractivity (Wildman–Crippen MR) is 101 cm³/mol. The first-order valence-corrected chi connectivity index (χ1v) is 8.82.